The summed E-state index contributed by atoms with van der Waals surface area (Å²) in [6.07, 6.45) is 4.07. The molecule has 3 aliphatic rings. The molecule has 3 saturated heterocycles. The number of halogens is 2. The van der Waals surface area contributed by atoms with Gasteiger partial charge in [-0.3, -0.25) is 14.8 Å². The molecule has 5 nitrogen and oxygen atoms in total. The number of amides is 1. The van der Waals surface area contributed by atoms with Crippen molar-refractivity contribution in [2.24, 2.45) is 5.41 Å². The summed E-state index contributed by atoms with van der Waals surface area (Å²) in [7, 11) is 0. The Bertz CT molecular complexity index is 1230. The third kappa shape index (κ3) is 3.29. The van der Waals surface area contributed by atoms with Crippen LogP contribution in [0.25, 0.3) is 10.9 Å². The average Bonchev–Trinajstić information content (AvgIpc) is 3.31. The Morgan fingerprint density at radius 2 is 1.76 bits per heavy atom. The third-order valence-electron chi connectivity index (χ3n) is 7.61. The number of aromatic nitrogens is 1. The van der Waals surface area contributed by atoms with Crippen LogP contribution in [0, 0.1) is 24.0 Å². The van der Waals surface area contributed by atoms with Crippen molar-refractivity contribution in [2.45, 2.75) is 32.2 Å². The van der Waals surface area contributed by atoms with Crippen LogP contribution in [-0.4, -0.2) is 47.1 Å². The smallest absolute Gasteiger partial charge is 0.245 e. The predicted molar refractivity (Wildman–Crippen MR) is 122 cm³/mol. The minimum Gasteiger partial charge on any atom is -0.371 e. The third-order valence-corrected chi connectivity index (χ3v) is 7.61. The lowest BCUT2D eigenvalue weighted by atomic mass is 9.77. The van der Waals surface area contributed by atoms with E-state index in [0.717, 1.165) is 55.1 Å². The van der Waals surface area contributed by atoms with Gasteiger partial charge in [0.25, 0.3) is 0 Å². The Morgan fingerprint density at radius 1 is 1.00 bits per heavy atom. The molecule has 0 aliphatic carbocycles. The van der Waals surface area contributed by atoms with Gasteiger partial charge in [0.2, 0.25) is 5.91 Å². The first kappa shape index (κ1) is 20.5. The first-order chi connectivity index (χ1) is 15.9. The molecule has 1 aromatic heterocycles. The second-order valence-electron chi connectivity index (χ2n) is 9.66. The van der Waals surface area contributed by atoms with E-state index in [1.165, 1.54) is 17.7 Å². The van der Waals surface area contributed by atoms with E-state index in [4.69, 9.17) is 0 Å². The number of piperidine rings is 1. The standard InChI is InChI=1S/C26H26F2N4O/c1-17-2-3-21-22(12-17)29-8-4-24(21)30-10-6-26(7-11-30)16-31-9-5-23(32(31)25(26)33)18-13-19(27)15-20(28)14-18/h2-4,8,12-15,23H,5-7,9-11,16H2,1H3/t23-/m0/s1. The SMILES string of the molecule is Cc1ccc2c(N3CCC4(CC3)CN3CC[C@@H](c5cc(F)cc(F)c5)N3C4=O)ccnc2c1. The molecule has 170 valence electrons. The maximum atomic E-state index is 13.8. The molecule has 4 heterocycles. The average molecular weight is 449 g/mol. The topological polar surface area (TPSA) is 39.7 Å². The van der Waals surface area contributed by atoms with E-state index >= 15 is 0 Å². The molecular formula is C26H26F2N4O. The van der Waals surface area contributed by atoms with Gasteiger partial charge in [0.1, 0.15) is 11.6 Å². The van der Waals surface area contributed by atoms with Crippen LogP contribution in [0.1, 0.15) is 36.4 Å². The monoisotopic (exact) mass is 448 g/mol. The molecule has 3 aromatic rings. The number of pyridine rings is 1. The molecule has 0 N–H and O–H groups in total. The van der Waals surface area contributed by atoms with E-state index in [0.29, 0.717) is 18.5 Å². The van der Waals surface area contributed by atoms with E-state index in [1.54, 1.807) is 5.01 Å². The van der Waals surface area contributed by atoms with E-state index in [9.17, 15) is 13.6 Å². The van der Waals surface area contributed by atoms with Gasteiger partial charge >= 0.3 is 0 Å². The van der Waals surface area contributed by atoms with Crippen LogP contribution in [0.5, 0.6) is 0 Å². The zero-order valence-electron chi connectivity index (χ0n) is 18.6. The van der Waals surface area contributed by atoms with Crippen molar-refractivity contribution in [1.29, 1.82) is 0 Å². The summed E-state index contributed by atoms with van der Waals surface area (Å²) in [6.45, 7) is 5.06. The van der Waals surface area contributed by atoms with Gasteiger partial charge in [-0.15, -0.1) is 0 Å². The van der Waals surface area contributed by atoms with Crippen molar-refractivity contribution in [3.8, 4) is 0 Å². The van der Waals surface area contributed by atoms with Gasteiger partial charge in [-0.25, -0.2) is 13.8 Å². The minimum absolute atomic E-state index is 0.101. The summed E-state index contributed by atoms with van der Waals surface area (Å²) in [4.78, 5) is 20.6. The van der Waals surface area contributed by atoms with Gasteiger partial charge in [0.05, 0.1) is 17.0 Å². The number of anilines is 1. The molecule has 3 fully saturated rings. The molecule has 0 radical (unpaired) electrons. The second kappa shape index (κ2) is 7.48. The molecule has 33 heavy (non-hydrogen) atoms. The van der Waals surface area contributed by atoms with E-state index < -0.39 is 17.0 Å². The van der Waals surface area contributed by atoms with Crippen molar-refractivity contribution in [1.82, 2.24) is 15.0 Å². The van der Waals surface area contributed by atoms with Gasteiger partial charge in [-0.05, 0) is 61.6 Å². The first-order valence-electron chi connectivity index (χ1n) is 11.6. The number of benzene rings is 2. The number of aryl methyl sites for hydroxylation is 1. The molecule has 3 aliphatic heterocycles. The highest BCUT2D eigenvalue weighted by Gasteiger charge is 2.56. The van der Waals surface area contributed by atoms with Crippen LogP contribution in [0.2, 0.25) is 0 Å². The Balaban J connectivity index is 1.23. The van der Waals surface area contributed by atoms with Crippen LogP contribution in [-0.2, 0) is 4.79 Å². The molecule has 0 bridgehead atoms. The fraction of sp³-hybridized carbons (Fsp3) is 0.385. The fourth-order valence-corrected chi connectivity index (χ4v) is 5.93. The zero-order valence-corrected chi connectivity index (χ0v) is 18.6. The first-order valence-corrected chi connectivity index (χ1v) is 11.6. The number of fused-ring (bicyclic) bond motifs is 2. The number of hydrazine groups is 1. The Kier molecular flexibility index (Phi) is 4.66. The van der Waals surface area contributed by atoms with Crippen LogP contribution in [0.4, 0.5) is 14.5 Å². The van der Waals surface area contributed by atoms with Crippen molar-refractivity contribution < 1.29 is 13.6 Å². The van der Waals surface area contributed by atoms with Gasteiger partial charge in [0, 0.05) is 49.5 Å². The normalized spacial score (nSPS) is 22.5. The van der Waals surface area contributed by atoms with Gasteiger partial charge in [0.15, 0.2) is 0 Å². The highest BCUT2D eigenvalue weighted by Crippen LogP contribution is 2.48. The van der Waals surface area contributed by atoms with Crippen molar-refractivity contribution in [3.05, 3.63) is 71.4 Å². The van der Waals surface area contributed by atoms with Crippen molar-refractivity contribution >= 4 is 22.5 Å². The van der Waals surface area contributed by atoms with Crippen LogP contribution in [0.3, 0.4) is 0 Å². The summed E-state index contributed by atoms with van der Waals surface area (Å²) >= 11 is 0. The quantitative estimate of drug-likeness (QED) is 0.574. The second-order valence-corrected chi connectivity index (χ2v) is 9.66. The number of rotatable bonds is 2. The maximum absolute atomic E-state index is 13.8. The van der Waals surface area contributed by atoms with Gasteiger partial charge in [-0.2, -0.15) is 0 Å². The lowest BCUT2D eigenvalue weighted by Crippen LogP contribution is -2.46. The number of nitrogens with zero attached hydrogens (tertiary/aromatic N) is 4. The molecular weight excluding hydrogens is 422 g/mol. The van der Waals surface area contributed by atoms with Gasteiger partial charge < -0.3 is 4.90 Å². The highest BCUT2D eigenvalue weighted by atomic mass is 19.1. The van der Waals surface area contributed by atoms with E-state index in [1.807, 2.05) is 6.20 Å². The van der Waals surface area contributed by atoms with E-state index in [2.05, 4.69) is 46.1 Å². The summed E-state index contributed by atoms with van der Waals surface area (Å²) < 4.78 is 27.7. The lowest BCUT2D eigenvalue weighted by molar-refractivity contribution is -0.143. The van der Waals surface area contributed by atoms with Crippen LogP contribution >= 0.6 is 0 Å². The van der Waals surface area contributed by atoms with E-state index in [-0.39, 0.29) is 11.9 Å². The van der Waals surface area contributed by atoms with Crippen molar-refractivity contribution in [2.75, 3.05) is 31.1 Å². The fourth-order valence-electron chi connectivity index (χ4n) is 5.93. The zero-order chi connectivity index (χ0) is 22.7. The van der Waals surface area contributed by atoms with Crippen molar-refractivity contribution in [3.63, 3.8) is 0 Å². The van der Waals surface area contributed by atoms with Gasteiger partial charge in [-0.1, -0.05) is 12.1 Å². The molecule has 6 rings (SSSR count). The summed E-state index contributed by atoms with van der Waals surface area (Å²) in [5.41, 5.74) is 3.44. The molecule has 2 aromatic carbocycles. The largest absolute Gasteiger partial charge is 0.371 e. The maximum Gasteiger partial charge on any atom is 0.245 e. The number of carbonyl (C=O) groups excluding carboxylic acids is 1. The molecule has 1 atom stereocenters. The molecule has 1 spiro atoms. The summed E-state index contributed by atoms with van der Waals surface area (Å²) in [6, 6.07) is 11.7. The number of hydrogen-bond acceptors (Lipinski definition) is 4. The number of hydrogen-bond donors (Lipinski definition) is 0. The highest BCUT2D eigenvalue weighted by molar-refractivity contribution is 5.92. The predicted octanol–water partition coefficient (Wildman–Crippen LogP) is 4.61. The number of carbonyl (C=O) groups is 1. The minimum atomic E-state index is -0.599. The lowest BCUT2D eigenvalue weighted by Gasteiger charge is -2.39. The van der Waals surface area contributed by atoms with Crippen LogP contribution in [0.15, 0.2) is 48.7 Å². The molecule has 7 heteroatoms. The molecule has 0 unspecified atom stereocenters. The Labute approximate surface area is 191 Å². The molecule has 0 saturated carbocycles. The summed E-state index contributed by atoms with van der Waals surface area (Å²) in [5.74, 6) is -1.10. The Morgan fingerprint density at radius 3 is 2.52 bits per heavy atom. The van der Waals surface area contributed by atoms with Crippen LogP contribution < -0.4 is 4.90 Å². The molecule has 1 amide bonds. The summed E-state index contributed by atoms with van der Waals surface area (Å²) in [5, 5.41) is 5.01. The Hall–Kier alpha value is -3.06.